The lowest BCUT2D eigenvalue weighted by Crippen LogP contribution is -2.35. The van der Waals surface area contributed by atoms with Crippen LogP contribution in [0.4, 0.5) is 5.69 Å². The van der Waals surface area contributed by atoms with Crippen molar-refractivity contribution in [3.05, 3.63) is 64.8 Å². The summed E-state index contributed by atoms with van der Waals surface area (Å²) >= 11 is 1.50. The van der Waals surface area contributed by atoms with Crippen LogP contribution < -0.4 is 9.47 Å². The predicted molar refractivity (Wildman–Crippen MR) is 174 cm³/mol. The summed E-state index contributed by atoms with van der Waals surface area (Å²) in [4.78, 5) is 13.1. The topological polar surface area (TPSA) is 139 Å². The Hall–Kier alpha value is -3.10. The average Bonchev–Trinajstić information content (AvgIpc) is 3.42. The molecule has 2 aromatic carbocycles. The molecule has 0 amide bonds. The second-order valence-electron chi connectivity index (χ2n) is 12.1. The minimum Gasteiger partial charge on any atom is -0.744 e. The van der Waals surface area contributed by atoms with Crippen molar-refractivity contribution in [1.29, 1.82) is 0 Å². The molecule has 0 unspecified atom stereocenters. The minimum atomic E-state index is -4.63. The number of anilines is 1. The van der Waals surface area contributed by atoms with Gasteiger partial charge in [-0.1, -0.05) is 44.1 Å². The highest BCUT2D eigenvalue weighted by Gasteiger charge is 2.40. The van der Waals surface area contributed by atoms with Crippen molar-refractivity contribution in [3.63, 3.8) is 0 Å². The Morgan fingerprint density at radius 2 is 1.73 bits per heavy atom. The highest BCUT2D eigenvalue weighted by atomic mass is 32.2. The van der Waals surface area contributed by atoms with Crippen LogP contribution >= 0.6 is 11.3 Å². The number of unbranched alkanes of at least 4 members (excludes halogenated alkanes) is 2. The molecule has 0 radical (unpaired) electrons. The number of carboxylic acids is 1. The van der Waals surface area contributed by atoms with E-state index in [-0.39, 0.29) is 11.3 Å². The van der Waals surface area contributed by atoms with Gasteiger partial charge in [-0.2, -0.15) is 8.87 Å². The maximum absolute atomic E-state index is 13.3. The molecule has 2 aliphatic heterocycles. The molecule has 1 N–H and O–H groups in total. The van der Waals surface area contributed by atoms with Gasteiger partial charge in [-0.25, -0.2) is 16.8 Å². The quantitative estimate of drug-likeness (QED) is 0.168. The van der Waals surface area contributed by atoms with E-state index < -0.39 is 31.5 Å². The SMILES string of the molecule is C[n+]1c(/C=C/C=C2/N(CCCCCC(=O)O)c3ccc(S(=O)(=O)[O-])cc3C2(C)C)sc2cc(S(=O)(=O)N3CCCCC3)ccc21. The largest absolute Gasteiger partial charge is 0.744 e. The standard InChI is InChI=1S/C32H39N3O7S3/c1-32(2)25-21-24(45(40,41)42)15-16-26(25)35(20-9-4-6-13-31(36)37)29(32)11-10-12-30-33(3)27-17-14-23(22-28(27)43-30)44(38,39)34-18-7-5-8-19-34/h10-12,14-17,21-22H,4-9,13,18-20H2,1-3H3,(H-,36,37,40,41,42). The third-order valence-electron chi connectivity index (χ3n) is 8.71. The molecule has 5 rings (SSSR count). The van der Waals surface area contributed by atoms with Crippen LogP contribution in [0.1, 0.15) is 69.4 Å². The fourth-order valence-electron chi connectivity index (χ4n) is 6.21. The smallest absolute Gasteiger partial charge is 0.303 e. The van der Waals surface area contributed by atoms with Gasteiger partial charge in [-0.05, 0) is 67.7 Å². The van der Waals surface area contributed by atoms with Gasteiger partial charge in [-0.15, -0.1) is 0 Å². The van der Waals surface area contributed by atoms with Crippen LogP contribution in [0.5, 0.6) is 0 Å². The average molecular weight is 674 g/mol. The van der Waals surface area contributed by atoms with Crippen LogP contribution in [0, 0.1) is 0 Å². The molecule has 1 saturated heterocycles. The highest BCUT2D eigenvalue weighted by molar-refractivity contribution is 7.89. The van der Waals surface area contributed by atoms with E-state index in [1.807, 2.05) is 49.8 Å². The molecular formula is C32H39N3O7S3. The van der Waals surface area contributed by atoms with Gasteiger partial charge in [0.15, 0.2) is 0 Å². The molecule has 10 nitrogen and oxygen atoms in total. The van der Waals surface area contributed by atoms with Crippen LogP contribution in [0.3, 0.4) is 0 Å². The summed E-state index contributed by atoms with van der Waals surface area (Å²) in [6.07, 6.45) is 10.8. The number of nitrogens with zero attached hydrogens (tertiary/aromatic N) is 3. The van der Waals surface area contributed by atoms with Gasteiger partial charge in [0, 0.05) is 55.0 Å². The van der Waals surface area contributed by atoms with Crippen molar-refractivity contribution in [2.45, 2.75) is 74.0 Å². The molecule has 45 heavy (non-hydrogen) atoms. The van der Waals surface area contributed by atoms with Gasteiger partial charge in [0.25, 0.3) is 5.01 Å². The number of allylic oxidation sites excluding steroid dienone is 3. The Morgan fingerprint density at radius 1 is 1.02 bits per heavy atom. The Labute approximate surface area is 269 Å². The van der Waals surface area contributed by atoms with E-state index in [1.54, 1.807) is 22.5 Å². The number of hydrogen-bond donors (Lipinski definition) is 1. The number of hydrogen-bond acceptors (Lipinski definition) is 8. The van der Waals surface area contributed by atoms with Gasteiger partial charge in [-0.3, -0.25) is 4.79 Å². The molecular weight excluding hydrogens is 635 g/mol. The molecule has 3 heterocycles. The Bertz CT molecular complexity index is 1890. The van der Waals surface area contributed by atoms with E-state index in [1.165, 1.54) is 23.5 Å². The first-order valence-electron chi connectivity index (χ1n) is 15.1. The van der Waals surface area contributed by atoms with E-state index in [2.05, 4.69) is 4.90 Å². The summed E-state index contributed by atoms with van der Waals surface area (Å²) in [5.74, 6) is -0.825. The van der Waals surface area contributed by atoms with Crippen LogP contribution in [-0.4, -0.2) is 56.4 Å². The molecule has 1 aromatic heterocycles. The van der Waals surface area contributed by atoms with E-state index >= 15 is 0 Å². The maximum atomic E-state index is 13.3. The lowest BCUT2D eigenvalue weighted by atomic mass is 9.83. The normalized spacial score (nSPS) is 18.3. The highest BCUT2D eigenvalue weighted by Crippen LogP contribution is 2.48. The molecule has 1 fully saturated rings. The number of sulfonamides is 1. The van der Waals surface area contributed by atoms with E-state index in [0.717, 1.165) is 64.3 Å². The summed E-state index contributed by atoms with van der Waals surface area (Å²) in [5, 5.41) is 9.90. The second-order valence-corrected chi connectivity index (χ2v) is 16.5. The number of aromatic nitrogens is 1. The lowest BCUT2D eigenvalue weighted by molar-refractivity contribution is -0.642. The zero-order valence-electron chi connectivity index (χ0n) is 25.7. The first-order chi connectivity index (χ1) is 21.2. The number of benzene rings is 2. The zero-order chi connectivity index (χ0) is 32.6. The van der Waals surface area contributed by atoms with Crippen molar-refractivity contribution < 1.29 is 35.9 Å². The molecule has 2 aliphatic rings. The number of rotatable bonds is 11. The molecule has 0 saturated carbocycles. The number of aliphatic carboxylic acids is 1. The molecule has 0 bridgehead atoms. The third kappa shape index (κ3) is 6.87. The Balaban J connectivity index is 1.45. The molecule has 3 aromatic rings. The summed E-state index contributed by atoms with van der Waals surface area (Å²) < 4.78 is 66.4. The van der Waals surface area contributed by atoms with Crippen LogP contribution in [-0.2, 0) is 37.4 Å². The van der Waals surface area contributed by atoms with Gasteiger partial charge in [0.2, 0.25) is 15.5 Å². The first-order valence-corrected chi connectivity index (χ1v) is 18.8. The van der Waals surface area contributed by atoms with E-state index in [4.69, 9.17) is 5.11 Å². The van der Waals surface area contributed by atoms with Crippen LogP contribution in [0.2, 0.25) is 0 Å². The number of carbonyl (C=O) groups is 1. The zero-order valence-corrected chi connectivity index (χ0v) is 28.2. The monoisotopic (exact) mass is 673 g/mol. The van der Waals surface area contributed by atoms with Crippen LogP contribution in [0.25, 0.3) is 16.3 Å². The minimum absolute atomic E-state index is 0.107. The second kappa shape index (κ2) is 13.0. The van der Waals surface area contributed by atoms with Gasteiger partial charge >= 0.3 is 5.97 Å². The number of aryl methyl sites for hydroxylation is 1. The van der Waals surface area contributed by atoms with Crippen molar-refractivity contribution in [2.75, 3.05) is 24.5 Å². The van der Waals surface area contributed by atoms with Crippen molar-refractivity contribution in [2.24, 2.45) is 7.05 Å². The number of fused-ring (bicyclic) bond motifs is 2. The van der Waals surface area contributed by atoms with Crippen molar-refractivity contribution in [1.82, 2.24) is 4.31 Å². The molecule has 242 valence electrons. The number of piperidine rings is 1. The third-order valence-corrected chi connectivity index (χ3v) is 12.6. The summed E-state index contributed by atoms with van der Waals surface area (Å²) in [5.41, 5.74) is 2.79. The Kier molecular flexibility index (Phi) is 9.58. The van der Waals surface area contributed by atoms with Crippen LogP contribution in [0.15, 0.2) is 64.0 Å². The summed E-state index contributed by atoms with van der Waals surface area (Å²) in [7, 11) is -6.24. The van der Waals surface area contributed by atoms with Crippen molar-refractivity contribution >= 4 is 59.4 Å². The maximum Gasteiger partial charge on any atom is 0.303 e. The van der Waals surface area contributed by atoms with Gasteiger partial charge in [0.05, 0.1) is 9.79 Å². The number of thiazole rings is 1. The first kappa shape index (κ1) is 33.3. The van der Waals surface area contributed by atoms with E-state index in [0.29, 0.717) is 31.0 Å². The fourth-order valence-corrected chi connectivity index (χ4v) is 9.43. The lowest BCUT2D eigenvalue weighted by Gasteiger charge is -2.27. The molecule has 0 aliphatic carbocycles. The van der Waals surface area contributed by atoms with Gasteiger partial charge < -0.3 is 14.6 Å². The summed E-state index contributed by atoms with van der Waals surface area (Å²) in [6.45, 7) is 5.68. The fraction of sp³-hybridized carbons (Fsp3) is 0.438. The molecule has 0 atom stereocenters. The number of carboxylic acid groups (broad SMARTS) is 1. The molecule has 13 heteroatoms. The Morgan fingerprint density at radius 3 is 2.42 bits per heavy atom. The van der Waals surface area contributed by atoms with E-state index in [9.17, 15) is 26.2 Å². The summed E-state index contributed by atoms with van der Waals surface area (Å²) in [6, 6.07) is 9.75. The van der Waals surface area contributed by atoms with Crippen molar-refractivity contribution in [3.8, 4) is 0 Å². The predicted octanol–water partition coefficient (Wildman–Crippen LogP) is 5.14. The van der Waals surface area contributed by atoms with Gasteiger partial charge in [0.1, 0.15) is 21.9 Å². The molecule has 0 spiro atoms.